The highest BCUT2D eigenvalue weighted by molar-refractivity contribution is 5.94. The van der Waals surface area contributed by atoms with Crippen molar-refractivity contribution in [3.63, 3.8) is 0 Å². The molecule has 1 aliphatic rings. The van der Waals surface area contributed by atoms with Gasteiger partial charge in [-0.25, -0.2) is 0 Å². The van der Waals surface area contributed by atoms with E-state index in [1.807, 2.05) is 12.1 Å². The monoisotopic (exact) mass is 389 g/mol. The van der Waals surface area contributed by atoms with Gasteiger partial charge in [-0.15, -0.1) is 12.4 Å². The van der Waals surface area contributed by atoms with E-state index in [4.69, 9.17) is 10.5 Å². The van der Waals surface area contributed by atoms with Crippen molar-refractivity contribution < 1.29 is 9.53 Å². The van der Waals surface area contributed by atoms with Gasteiger partial charge in [0.15, 0.2) is 0 Å². The molecule has 1 amide bonds. The van der Waals surface area contributed by atoms with E-state index >= 15 is 0 Å². The van der Waals surface area contributed by atoms with Crippen LogP contribution in [-0.2, 0) is 0 Å². The Morgan fingerprint density at radius 2 is 1.70 bits per heavy atom. The summed E-state index contributed by atoms with van der Waals surface area (Å²) in [6.07, 6.45) is 3.70. The summed E-state index contributed by atoms with van der Waals surface area (Å²) in [5, 5.41) is 3.09. The van der Waals surface area contributed by atoms with Crippen LogP contribution in [0.4, 0.5) is 5.69 Å². The van der Waals surface area contributed by atoms with E-state index in [1.165, 1.54) is 24.8 Å². The first-order chi connectivity index (χ1) is 12.7. The number of rotatable bonds is 6. The summed E-state index contributed by atoms with van der Waals surface area (Å²) in [6, 6.07) is 15.3. The van der Waals surface area contributed by atoms with Crippen LogP contribution in [0.1, 0.15) is 41.2 Å². The van der Waals surface area contributed by atoms with E-state index in [-0.39, 0.29) is 24.4 Å². The van der Waals surface area contributed by atoms with Crippen molar-refractivity contribution >= 4 is 24.0 Å². The van der Waals surface area contributed by atoms with Crippen LogP contribution in [0.15, 0.2) is 48.5 Å². The second-order valence-corrected chi connectivity index (χ2v) is 6.72. The van der Waals surface area contributed by atoms with Crippen molar-refractivity contribution in [1.29, 1.82) is 0 Å². The number of piperidine rings is 1. The molecule has 1 fully saturated rings. The molecule has 1 heterocycles. The molecule has 2 aromatic rings. The Hall–Kier alpha value is -2.24. The van der Waals surface area contributed by atoms with E-state index in [1.54, 1.807) is 31.4 Å². The van der Waals surface area contributed by atoms with Gasteiger partial charge in [-0.05, 0) is 67.9 Å². The van der Waals surface area contributed by atoms with E-state index in [9.17, 15) is 4.79 Å². The number of hydrogen-bond donors (Lipinski definition) is 2. The molecule has 3 rings (SSSR count). The number of benzene rings is 2. The maximum Gasteiger partial charge on any atom is 0.251 e. The zero-order valence-electron chi connectivity index (χ0n) is 15.7. The quantitative estimate of drug-likeness (QED) is 0.740. The highest BCUT2D eigenvalue weighted by atomic mass is 35.5. The third-order valence-corrected chi connectivity index (χ3v) is 4.96. The molecule has 1 saturated heterocycles. The lowest BCUT2D eigenvalue weighted by molar-refractivity contribution is 0.0924. The minimum Gasteiger partial charge on any atom is -0.497 e. The van der Waals surface area contributed by atoms with Gasteiger partial charge in [-0.2, -0.15) is 0 Å². The van der Waals surface area contributed by atoms with Gasteiger partial charge >= 0.3 is 0 Å². The summed E-state index contributed by atoms with van der Waals surface area (Å²) in [5.41, 5.74) is 8.19. The first-order valence-electron chi connectivity index (χ1n) is 9.19. The molecule has 2 aromatic carbocycles. The number of nitrogens with one attached hydrogen (secondary N) is 1. The van der Waals surface area contributed by atoms with E-state index in [0.717, 1.165) is 18.8 Å². The van der Waals surface area contributed by atoms with E-state index < -0.39 is 0 Å². The van der Waals surface area contributed by atoms with Gasteiger partial charge in [0.1, 0.15) is 5.75 Å². The largest absolute Gasteiger partial charge is 0.497 e. The van der Waals surface area contributed by atoms with Gasteiger partial charge in [-0.1, -0.05) is 18.6 Å². The number of hydrogen-bond acceptors (Lipinski definition) is 4. The Labute approximate surface area is 167 Å². The molecule has 1 aliphatic heterocycles. The average molecular weight is 390 g/mol. The Morgan fingerprint density at radius 1 is 1.07 bits per heavy atom. The topological polar surface area (TPSA) is 67.6 Å². The lowest BCUT2D eigenvalue weighted by Gasteiger charge is -2.35. The Kier molecular flexibility index (Phi) is 7.95. The van der Waals surface area contributed by atoms with Crippen LogP contribution >= 0.6 is 12.4 Å². The fourth-order valence-electron chi connectivity index (χ4n) is 3.44. The highest BCUT2D eigenvalue weighted by Crippen LogP contribution is 2.26. The highest BCUT2D eigenvalue weighted by Gasteiger charge is 2.23. The lowest BCUT2D eigenvalue weighted by Crippen LogP contribution is -2.40. The van der Waals surface area contributed by atoms with Gasteiger partial charge in [-0.3, -0.25) is 9.69 Å². The lowest BCUT2D eigenvalue weighted by atomic mass is 10.0. The number of ether oxygens (including phenoxy) is 1. The number of methoxy groups -OCH3 is 1. The summed E-state index contributed by atoms with van der Waals surface area (Å²) in [6.45, 7) is 2.71. The zero-order valence-corrected chi connectivity index (χ0v) is 16.5. The van der Waals surface area contributed by atoms with Crippen molar-refractivity contribution in [2.75, 3.05) is 32.5 Å². The van der Waals surface area contributed by atoms with Crippen molar-refractivity contribution in [2.24, 2.45) is 0 Å². The van der Waals surface area contributed by atoms with Crippen LogP contribution in [0.2, 0.25) is 0 Å². The average Bonchev–Trinajstić information content (AvgIpc) is 2.70. The number of amides is 1. The molecule has 0 saturated carbocycles. The molecule has 5 nitrogen and oxygen atoms in total. The molecule has 0 aromatic heterocycles. The summed E-state index contributed by atoms with van der Waals surface area (Å²) < 4.78 is 5.27. The Balaban J connectivity index is 0.00000261. The zero-order chi connectivity index (χ0) is 18.4. The SMILES string of the molecule is COc1ccc(C(CNC(=O)c2ccc(N)cc2)N2CCCCC2)cc1.Cl. The molecule has 0 spiro atoms. The maximum atomic E-state index is 12.5. The molecule has 27 heavy (non-hydrogen) atoms. The molecule has 146 valence electrons. The van der Waals surface area contributed by atoms with Crippen LogP contribution in [0, 0.1) is 0 Å². The molecule has 0 aliphatic carbocycles. The third kappa shape index (κ3) is 5.62. The second kappa shape index (κ2) is 10.2. The van der Waals surface area contributed by atoms with Crippen LogP contribution in [0.3, 0.4) is 0 Å². The molecular formula is C21H28ClN3O2. The van der Waals surface area contributed by atoms with Gasteiger partial charge in [0.2, 0.25) is 0 Å². The van der Waals surface area contributed by atoms with Crippen LogP contribution in [-0.4, -0.2) is 37.6 Å². The normalized spacial score (nSPS) is 15.4. The predicted molar refractivity (Wildman–Crippen MR) is 112 cm³/mol. The summed E-state index contributed by atoms with van der Waals surface area (Å²) in [7, 11) is 1.67. The first-order valence-corrected chi connectivity index (χ1v) is 9.19. The van der Waals surface area contributed by atoms with Crippen molar-refractivity contribution in [1.82, 2.24) is 10.2 Å². The molecule has 1 unspecified atom stereocenters. The number of nitrogens with zero attached hydrogens (tertiary/aromatic N) is 1. The van der Waals surface area contributed by atoms with Gasteiger partial charge in [0.25, 0.3) is 5.91 Å². The Bertz CT molecular complexity index is 713. The maximum absolute atomic E-state index is 12.5. The number of halogens is 1. The second-order valence-electron chi connectivity index (χ2n) is 6.72. The standard InChI is InChI=1S/C21H27N3O2.ClH/c1-26-19-11-7-16(8-12-19)20(24-13-3-2-4-14-24)15-23-21(25)17-5-9-18(22)10-6-17;/h5-12,20H,2-4,13-15,22H2,1H3,(H,23,25);1H. The minimum absolute atomic E-state index is 0. The molecule has 6 heteroatoms. The summed E-state index contributed by atoms with van der Waals surface area (Å²) >= 11 is 0. The fourth-order valence-corrected chi connectivity index (χ4v) is 3.44. The first kappa shape index (κ1) is 21.1. The molecule has 3 N–H and O–H groups in total. The van der Waals surface area contributed by atoms with Gasteiger partial charge in [0, 0.05) is 17.8 Å². The summed E-state index contributed by atoms with van der Waals surface area (Å²) in [5.74, 6) is 0.776. The van der Waals surface area contributed by atoms with Crippen LogP contribution in [0.25, 0.3) is 0 Å². The third-order valence-electron chi connectivity index (χ3n) is 4.96. The number of carbonyl (C=O) groups is 1. The molecule has 1 atom stereocenters. The predicted octanol–water partition coefficient (Wildman–Crippen LogP) is 3.66. The smallest absolute Gasteiger partial charge is 0.251 e. The van der Waals surface area contributed by atoms with Crippen molar-refractivity contribution in [3.8, 4) is 5.75 Å². The van der Waals surface area contributed by atoms with Crippen LogP contribution < -0.4 is 15.8 Å². The van der Waals surface area contributed by atoms with Gasteiger partial charge < -0.3 is 15.8 Å². The fraction of sp³-hybridized carbons (Fsp3) is 0.381. The number of anilines is 1. The number of nitrogen functional groups attached to an aromatic ring is 1. The summed E-state index contributed by atoms with van der Waals surface area (Å²) in [4.78, 5) is 15.0. The molecule has 0 radical (unpaired) electrons. The molecule has 0 bridgehead atoms. The molecular weight excluding hydrogens is 362 g/mol. The number of nitrogens with two attached hydrogens (primary N) is 1. The number of carbonyl (C=O) groups excluding carboxylic acids is 1. The van der Waals surface area contributed by atoms with E-state index in [0.29, 0.717) is 17.8 Å². The van der Waals surface area contributed by atoms with Crippen molar-refractivity contribution in [2.45, 2.75) is 25.3 Å². The number of likely N-dealkylation sites (tertiary alicyclic amines) is 1. The van der Waals surface area contributed by atoms with E-state index in [2.05, 4.69) is 22.3 Å². The Morgan fingerprint density at radius 3 is 2.30 bits per heavy atom. The minimum atomic E-state index is -0.0690. The van der Waals surface area contributed by atoms with Gasteiger partial charge in [0.05, 0.1) is 13.2 Å². The van der Waals surface area contributed by atoms with Crippen molar-refractivity contribution in [3.05, 3.63) is 59.7 Å². The van der Waals surface area contributed by atoms with Crippen LogP contribution in [0.5, 0.6) is 5.75 Å².